The molecule has 0 amide bonds. The van der Waals surface area contributed by atoms with E-state index in [1.165, 1.54) is 11.8 Å². The fourth-order valence-electron chi connectivity index (χ4n) is 1.15. The molecule has 0 unspecified atom stereocenters. The lowest BCUT2D eigenvalue weighted by atomic mass is 10.2. The molecule has 0 saturated heterocycles. The normalized spacial score (nSPS) is 10.1. The summed E-state index contributed by atoms with van der Waals surface area (Å²) < 4.78 is 4.82. The van der Waals surface area contributed by atoms with Crippen molar-refractivity contribution < 1.29 is 9.53 Å². The summed E-state index contributed by atoms with van der Waals surface area (Å²) in [7, 11) is 0. The van der Waals surface area contributed by atoms with E-state index in [-0.39, 0.29) is 5.97 Å². The smallest absolute Gasteiger partial charge is 0.315 e. The second-order valence-electron chi connectivity index (χ2n) is 3.14. The number of nitrogens with two attached hydrogens (primary N) is 1. The second kappa shape index (κ2) is 6.66. The molecule has 5 heteroatoms. The van der Waals surface area contributed by atoms with Crippen LogP contribution in [0.25, 0.3) is 0 Å². The lowest BCUT2D eigenvalue weighted by Crippen LogP contribution is -2.07. The molecule has 0 aliphatic heterocycles. The van der Waals surface area contributed by atoms with Crippen molar-refractivity contribution in [2.75, 3.05) is 18.1 Å². The van der Waals surface area contributed by atoms with Crippen molar-refractivity contribution in [3.63, 3.8) is 0 Å². The van der Waals surface area contributed by atoms with Gasteiger partial charge in [0.25, 0.3) is 0 Å². The molecule has 0 aliphatic carbocycles. The molecule has 0 radical (unpaired) electrons. The molecule has 0 spiro atoms. The van der Waals surface area contributed by atoms with Crippen LogP contribution in [0.15, 0.2) is 18.2 Å². The van der Waals surface area contributed by atoms with Gasteiger partial charge in [-0.1, -0.05) is 11.6 Å². The Balaban J connectivity index is 2.42. The Hall–Kier alpha value is -0.870. The number of halogens is 1. The van der Waals surface area contributed by atoms with Gasteiger partial charge in [-0.25, -0.2) is 0 Å². The molecular formula is C11H14ClNO2S. The van der Waals surface area contributed by atoms with Crippen molar-refractivity contribution in [1.29, 1.82) is 0 Å². The summed E-state index contributed by atoms with van der Waals surface area (Å²) in [4.78, 5) is 11.1. The molecule has 0 aliphatic rings. The molecule has 3 nitrogen and oxygen atoms in total. The Bertz CT molecular complexity index is 371. The van der Waals surface area contributed by atoms with Crippen molar-refractivity contribution in [1.82, 2.24) is 0 Å². The van der Waals surface area contributed by atoms with Crippen LogP contribution in [0.3, 0.4) is 0 Å². The monoisotopic (exact) mass is 259 g/mol. The number of carbonyl (C=O) groups is 1. The number of hydrogen-bond acceptors (Lipinski definition) is 4. The first-order valence-electron chi connectivity index (χ1n) is 4.90. The van der Waals surface area contributed by atoms with E-state index >= 15 is 0 Å². The number of rotatable bonds is 5. The second-order valence-corrected chi connectivity index (χ2v) is 4.56. The van der Waals surface area contributed by atoms with Gasteiger partial charge in [0.05, 0.1) is 12.4 Å². The molecule has 1 aromatic rings. The summed E-state index contributed by atoms with van der Waals surface area (Å²) in [5, 5.41) is 0.654. The predicted octanol–water partition coefficient (Wildman–Crippen LogP) is 2.72. The molecule has 0 fully saturated rings. The Morgan fingerprint density at radius 1 is 1.56 bits per heavy atom. The van der Waals surface area contributed by atoms with Gasteiger partial charge in [0, 0.05) is 16.5 Å². The zero-order valence-corrected chi connectivity index (χ0v) is 10.6. The zero-order valence-electron chi connectivity index (χ0n) is 9.03. The Morgan fingerprint density at radius 2 is 2.31 bits per heavy atom. The number of nitrogen functional groups attached to an aromatic ring is 1. The van der Waals surface area contributed by atoms with Crippen LogP contribution in [0.5, 0.6) is 0 Å². The first kappa shape index (κ1) is 13.2. The van der Waals surface area contributed by atoms with Gasteiger partial charge in [0.15, 0.2) is 0 Å². The minimum Gasteiger partial charge on any atom is -0.465 e. The number of esters is 1. The number of thioether (sulfide) groups is 1. The molecule has 0 heterocycles. The minimum absolute atomic E-state index is 0.201. The van der Waals surface area contributed by atoms with Crippen LogP contribution in [0.1, 0.15) is 12.5 Å². The van der Waals surface area contributed by atoms with Crippen LogP contribution in [-0.2, 0) is 15.3 Å². The van der Waals surface area contributed by atoms with E-state index in [0.29, 0.717) is 28.8 Å². The van der Waals surface area contributed by atoms with Gasteiger partial charge in [-0.15, -0.1) is 11.8 Å². The SMILES string of the molecule is CCOC(=O)CSCc1cc(Cl)ccc1N. The molecule has 1 rings (SSSR count). The molecule has 1 aromatic carbocycles. The highest BCUT2D eigenvalue weighted by molar-refractivity contribution is 7.99. The van der Waals surface area contributed by atoms with Gasteiger partial charge >= 0.3 is 5.97 Å². The minimum atomic E-state index is -0.201. The summed E-state index contributed by atoms with van der Waals surface area (Å²) in [6.07, 6.45) is 0. The van der Waals surface area contributed by atoms with E-state index in [1.807, 2.05) is 6.07 Å². The first-order chi connectivity index (χ1) is 7.63. The number of anilines is 1. The maximum Gasteiger partial charge on any atom is 0.315 e. The fraction of sp³-hybridized carbons (Fsp3) is 0.364. The van der Waals surface area contributed by atoms with Crippen molar-refractivity contribution in [3.8, 4) is 0 Å². The third-order valence-corrected chi connectivity index (χ3v) is 3.08. The molecule has 0 saturated carbocycles. The largest absolute Gasteiger partial charge is 0.465 e. The van der Waals surface area contributed by atoms with Crippen LogP contribution >= 0.6 is 23.4 Å². The first-order valence-corrected chi connectivity index (χ1v) is 6.44. The fourth-order valence-corrected chi connectivity index (χ4v) is 2.16. The molecule has 0 aromatic heterocycles. The van der Waals surface area contributed by atoms with E-state index in [2.05, 4.69) is 0 Å². The van der Waals surface area contributed by atoms with Crippen LogP contribution in [-0.4, -0.2) is 18.3 Å². The van der Waals surface area contributed by atoms with Crippen LogP contribution in [0, 0.1) is 0 Å². The van der Waals surface area contributed by atoms with Gasteiger partial charge in [-0.05, 0) is 30.7 Å². The topological polar surface area (TPSA) is 52.3 Å². The third kappa shape index (κ3) is 4.33. The summed E-state index contributed by atoms with van der Waals surface area (Å²) in [5.74, 6) is 0.790. The molecular weight excluding hydrogens is 246 g/mol. The number of hydrogen-bond donors (Lipinski definition) is 1. The van der Waals surface area contributed by atoms with Gasteiger partial charge in [0.2, 0.25) is 0 Å². The average molecular weight is 260 g/mol. The Morgan fingerprint density at radius 3 is 3.00 bits per heavy atom. The summed E-state index contributed by atoms with van der Waals surface area (Å²) in [6, 6.07) is 5.33. The highest BCUT2D eigenvalue weighted by Crippen LogP contribution is 2.22. The van der Waals surface area contributed by atoms with E-state index in [4.69, 9.17) is 22.1 Å². The summed E-state index contributed by atoms with van der Waals surface area (Å²) >= 11 is 7.32. The zero-order chi connectivity index (χ0) is 12.0. The van der Waals surface area contributed by atoms with Crippen molar-refractivity contribution in [2.45, 2.75) is 12.7 Å². The Labute approximate surface area is 104 Å². The molecule has 88 valence electrons. The number of carbonyl (C=O) groups excluding carboxylic acids is 1. The lowest BCUT2D eigenvalue weighted by Gasteiger charge is -2.05. The van der Waals surface area contributed by atoms with Gasteiger partial charge < -0.3 is 10.5 Å². The van der Waals surface area contributed by atoms with Crippen LogP contribution in [0.2, 0.25) is 5.02 Å². The van der Waals surface area contributed by atoms with Crippen molar-refractivity contribution >= 4 is 35.0 Å². The molecule has 0 bridgehead atoms. The van der Waals surface area contributed by atoms with Crippen molar-refractivity contribution in [2.24, 2.45) is 0 Å². The van der Waals surface area contributed by atoms with Gasteiger partial charge in [0.1, 0.15) is 0 Å². The standard InChI is InChI=1S/C11H14ClNO2S/c1-2-15-11(14)7-16-6-8-5-9(12)3-4-10(8)13/h3-5H,2,6-7,13H2,1H3. The average Bonchev–Trinajstić information content (AvgIpc) is 2.23. The van der Waals surface area contributed by atoms with E-state index in [1.54, 1.807) is 19.1 Å². The van der Waals surface area contributed by atoms with Crippen molar-refractivity contribution in [3.05, 3.63) is 28.8 Å². The van der Waals surface area contributed by atoms with Crippen LogP contribution in [0.4, 0.5) is 5.69 Å². The lowest BCUT2D eigenvalue weighted by molar-refractivity contribution is -0.139. The Kier molecular flexibility index (Phi) is 5.49. The number of ether oxygens (including phenoxy) is 1. The van der Waals surface area contributed by atoms with Gasteiger partial charge in [-0.2, -0.15) is 0 Å². The molecule has 16 heavy (non-hydrogen) atoms. The molecule has 0 atom stereocenters. The number of benzene rings is 1. The maximum absolute atomic E-state index is 11.1. The highest BCUT2D eigenvalue weighted by Gasteiger charge is 2.04. The quantitative estimate of drug-likeness (QED) is 0.653. The van der Waals surface area contributed by atoms with E-state index in [9.17, 15) is 4.79 Å². The maximum atomic E-state index is 11.1. The molecule has 2 N–H and O–H groups in total. The van der Waals surface area contributed by atoms with E-state index in [0.717, 1.165) is 5.56 Å². The summed E-state index contributed by atoms with van der Waals surface area (Å²) in [5.41, 5.74) is 7.42. The van der Waals surface area contributed by atoms with Crippen LogP contribution < -0.4 is 5.73 Å². The summed E-state index contributed by atoms with van der Waals surface area (Å²) in [6.45, 7) is 2.20. The van der Waals surface area contributed by atoms with Gasteiger partial charge in [-0.3, -0.25) is 4.79 Å². The highest BCUT2D eigenvalue weighted by atomic mass is 35.5. The third-order valence-electron chi connectivity index (χ3n) is 1.89. The predicted molar refractivity (Wildman–Crippen MR) is 68.7 cm³/mol. The van der Waals surface area contributed by atoms with E-state index < -0.39 is 0 Å².